The molecule has 0 radical (unpaired) electrons. The quantitative estimate of drug-likeness (QED) is 0.393. The van der Waals surface area contributed by atoms with Gasteiger partial charge in [0.15, 0.2) is 0 Å². The Labute approximate surface area is 132 Å². The molecule has 3 aromatic rings. The molecule has 0 bridgehead atoms. The van der Waals surface area contributed by atoms with Crippen LogP contribution >= 0.6 is 0 Å². The fraction of sp³-hybridized carbons (Fsp3) is 0. The maximum Gasteiger partial charge on any atom is 2.00 e. The summed E-state index contributed by atoms with van der Waals surface area (Å²) < 4.78 is 0. The van der Waals surface area contributed by atoms with Crippen molar-refractivity contribution < 1.29 is 17.1 Å². The van der Waals surface area contributed by atoms with Gasteiger partial charge in [-0.1, -0.05) is 18.2 Å². The third-order valence-electron chi connectivity index (χ3n) is 2.28. The van der Waals surface area contributed by atoms with Gasteiger partial charge in [0.25, 0.3) is 0 Å². The minimum absolute atomic E-state index is 0. The van der Waals surface area contributed by atoms with Gasteiger partial charge < -0.3 is 5.73 Å². The van der Waals surface area contributed by atoms with Crippen molar-refractivity contribution in [3.8, 4) is 0 Å². The van der Waals surface area contributed by atoms with Crippen molar-refractivity contribution in [3.05, 3.63) is 97.1 Å². The van der Waals surface area contributed by atoms with Crippen LogP contribution in [0.3, 0.4) is 0 Å². The van der Waals surface area contributed by atoms with Crippen LogP contribution in [0.1, 0.15) is 5.56 Å². The fourth-order valence-corrected chi connectivity index (χ4v) is 1.30. The van der Waals surface area contributed by atoms with E-state index in [0.717, 1.165) is 5.69 Å². The molecule has 2 N–H and O–H groups in total. The van der Waals surface area contributed by atoms with Crippen molar-refractivity contribution in [1.82, 2.24) is 0 Å². The zero-order valence-corrected chi connectivity index (χ0v) is 12.4. The van der Waals surface area contributed by atoms with Crippen LogP contribution in [-0.4, -0.2) is 0 Å². The van der Waals surface area contributed by atoms with E-state index in [9.17, 15) is 0 Å². The van der Waals surface area contributed by atoms with E-state index in [2.05, 4.69) is 6.58 Å². The number of anilines is 1. The molecule has 0 unspecified atom stereocenters. The van der Waals surface area contributed by atoms with Gasteiger partial charge in [-0.05, 0) is 12.1 Å². The average molecular weight is 305 g/mol. The van der Waals surface area contributed by atoms with Gasteiger partial charge in [-0.15, -0.1) is 18.7 Å². The van der Waals surface area contributed by atoms with Gasteiger partial charge >= 0.3 is 17.1 Å². The molecule has 0 aromatic heterocycles. The van der Waals surface area contributed by atoms with Gasteiger partial charge in [0, 0.05) is 5.69 Å². The second-order valence-corrected chi connectivity index (χ2v) is 3.80. The normalized spacial score (nSPS) is 8.00. The van der Waals surface area contributed by atoms with Gasteiger partial charge in [-0.2, -0.15) is 42.0 Å². The SMILES string of the molecule is C=Cc1ccc[cH-]1.Nc1ccccc1.[Fe+2].c1cc[cH-]c1. The predicted molar refractivity (Wildman–Crippen MR) is 85.0 cm³/mol. The molecule has 0 aliphatic rings. The summed E-state index contributed by atoms with van der Waals surface area (Å²) in [6.07, 6.45) is 1.83. The van der Waals surface area contributed by atoms with Crippen LogP contribution in [0.5, 0.6) is 0 Å². The summed E-state index contributed by atoms with van der Waals surface area (Å²) in [5, 5.41) is 0. The number of hydrogen-bond acceptors (Lipinski definition) is 1. The summed E-state index contributed by atoms with van der Waals surface area (Å²) in [5.74, 6) is 0. The third-order valence-corrected chi connectivity index (χ3v) is 2.28. The zero-order chi connectivity index (χ0) is 13.8. The minimum Gasteiger partial charge on any atom is -0.399 e. The standard InChI is InChI=1S/C7H7.C6H7N.C5H5.Fe/c1-2-7-5-3-4-6-7;7-6-4-2-1-3-5-6;1-2-4-5-3-1;/h2-6H,1H2;1-5H,7H2;1-5H;/q-1;;-1;+2. The second-order valence-electron chi connectivity index (χ2n) is 3.80. The van der Waals surface area contributed by atoms with Crippen LogP contribution in [0.2, 0.25) is 0 Å². The number of nitrogen functional groups attached to an aromatic ring is 1. The number of rotatable bonds is 1. The molecule has 2 heteroatoms. The Morgan fingerprint density at radius 3 is 1.75 bits per heavy atom. The Kier molecular flexibility index (Phi) is 10.8. The molecule has 3 aromatic carbocycles. The molecule has 0 spiro atoms. The summed E-state index contributed by atoms with van der Waals surface area (Å²) in [5.41, 5.74) is 7.37. The van der Waals surface area contributed by atoms with Crippen molar-refractivity contribution in [2.24, 2.45) is 0 Å². The molecule has 0 amide bonds. The van der Waals surface area contributed by atoms with Gasteiger partial charge in [0.2, 0.25) is 0 Å². The molecule has 0 atom stereocenters. The van der Waals surface area contributed by atoms with Crippen LogP contribution in [0.15, 0.2) is 91.5 Å². The molecule has 0 saturated carbocycles. The van der Waals surface area contributed by atoms with Crippen LogP contribution in [0.4, 0.5) is 5.69 Å². The van der Waals surface area contributed by atoms with Crippen LogP contribution in [0.25, 0.3) is 6.08 Å². The van der Waals surface area contributed by atoms with E-state index in [0.29, 0.717) is 0 Å². The van der Waals surface area contributed by atoms with E-state index in [1.807, 2.05) is 91.0 Å². The number of para-hydroxylation sites is 1. The van der Waals surface area contributed by atoms with Crippen molar-refractivity contribution in [1.29, 1.82) is 0 Å². The van der Waals surface area contributed by atoms with Gasteiger partial charge in [0.05, 0.1) is 0 Å². The van der Waals surface area contributed by atoms with E-state index in [1.54, 1.807) is 0 Å². The molecular formula is C18H19FeN. The zero-order valence-electron chi connectivity index (χ0n) is 11.3. The van der Waals surface area contributed by atoms with Crippen molar-refractivity contribution in [2.75, 3.05) is 5.73 Å². The smallest absolute Gasteiger partial charge is 0.399 e. The van der Waals surface area contributed by atoms with E-state index in [-0.39, 0.29) is 17.1 Å². The van der Waals surface area contributed by atoms with Gasteiger partial charge in [-0.3, -0.25) is 0 Å². The van der Waals surface area contributed by atoms with Gasteiger partial charge in [-0.25, -0.2) is 12.1 Å². The predicted octanol–water partition coefficient (Wildman–Crippen LogP) is 4.72. The average Bonchev–Trinajstić information content (AvgIpc) is 3.16. The number of benzene rings is 1. The molecule has 1 nitrogen and oxygen atoms in total. The Balaban J connectivity index is 0.000000268. The van der Waals surface area contributed by atoms with Crippen molar-refractivity contribution in [3.63, 3.8) is 0 Å². The number of hydrogen-bond donors (Lipinski definition) is 1. The Morgan fingerprint density at radius 1 is 0.850 bits per heavy atom. The monoisotopic (exact) mass is 305 g/mol. The third kappa shape index (κ3) is 8.98. The number of nitrogens with two attached hydrogens (primary N) is 1. The molecular weight excluding hydrogens is 286 g/mol. The van der Waals surface area contributed by atoms with Crippen molar-refractivity contribution in [2.45, 2.75) is 0 Å². The maximum absolute atomic E-state index is 5.36. The second kappa shape index (κ2) is 12.0. The van der Waals surface area contributed by atoms with E-state index in [4.69, 9.17) is 5.73 Å². The Morgan fingerprint density at radius 2 is 1.50 bits per heavy atom. The van der Waals surface area contributed by atoms with Crippen LogP contribution < -0.4 is 5.73 Å². The van der Waals surface area contributed by atoms with E-state index >= 15 is 0 Å². The molecule has 0 aliphatic carbocycles. The first-order valence-corrected chi connectivity index (χ1v) is 6.14. The maximum atomic E-state index is 5.36. The summed E-state index contributed by atoms with van der Waals surface area (Å²) in [6, 6.07) is 27.5. The molecule has 0 saturated heterocycles. The summed E-state index contributed by atoms with van der Waals surface area (Å²) in [4.78, 5) is 0. The van der Waals surface area contributed by atoms with Crippen LogP contribution in [-0.2, 0) is 17.1 Å². The van der Waals surface area contributed by atoms with E-state index < -0.39 is 0 Å². The fourth-order valence-electron chi connectivity index (χ4n) is 1.30. The summed E-state index contributed by atoms with van der Waals surface area (Å²) in [7, 11) is 0. The first kappa shape index (κ1) is 18.0. The molecule has 104 valence electrons. The first-order valence-electron chi connectivity index (χ1n) is 6.14. The largest absolute Gasteiger partial charge is 2.00 e. The summed E-state index contributed by atoms with van der Waals surface area (Å²) >= 11 is 0. The molecule has 0 heterocycles. The van der Waals surface area contributed by atoms with Crippen molar-refractivity contribution >= 4 is 11.8 Å². The first-order chi connectivity index (χ1) is 9.33. The van der Waals surface area contributed by atoms with E-state index in [1.165, 1.54) is 5.56 Å². The molecule has 0 fully saturated rings. The molecule has 20 heavy (non-hydrogen) atoms. The molecule has 3 rings (SSSR count). The van der Waals surface area contributed by atoms with Gasteiger partial charge in [0.1, 0.15) is 0 Å². The molecule has 0 aliphatic heterocycles. The topological polar surface area (TPSA) is 26.0 Å². The Hall–Kier alpha value is -2.02. The summed E-state index contributed by atoms with van der Waals surface area (Å²) in [6.45, 7) is 3.60. The minimum atomic E-state index is 0. The van der Waals surface area contributed by atoms with Crippen LogP contribution in [0, 0.1) is 0 Å². The Bertz CT molecular complexity index is 493.